The van der Waals surface area contributed by atoms with Crippen LogP contribution in [0.15, 0.2) is 46.6 Å². The summed E-state index contributed by atoms with van der Waals surface area (Å²) in [6.07, 6.45) is 3.15. The van der Waals surface area contributed by atoms with Gasteiger partial charge in [-0.05, 0) is 54.5 Å². The first-order valence-corrected chi connectivity index (χ1v) is 10.7. The first kappa shape index (κ1) is 21.4. The third-order valence-electron chi connectivity index (χ3n) is 6.14. The Morgan fingerprint density at radius 2 is 2.00 bits per heavy atom. The summed E-state index contributed by atoms with van der Waals surface area (Å²) >= 11 is 0. The predicted molar refractivity (Wildman–Crippen MR) is 117 cm³/mol. The Morgan fingerprint density at radius 3 is 2.61 bits per heavy atom. The van der Waals surface area contributed by atoms with E-state index in [1.807, 2.05) is 25.1 Å². The normalized spacial score (nSPS) is 23.7. The van der Waals surface area contributed by atoms with Crippen molar-refractivity contribution in [3.8, 4) is 0 Å². The Hall–Kier alpha value is -2.86. The van der Waals surface area contributed by atoms with Crippen molar-refractivity contribution in [2.45, 2.75) is 58.1 Å². The molecule has 1 N–H and O–H groups in total. The fraction of sp³-hybridized carbons (Fsp3) is 0.440. The van der Waals surface area contributed by atoms with Gasteiger partial charge < -0.3 is 19.2 Å². The number of likely N-dealkylation sites (tertiary alicyclic amines) is 1. The monoisotopic (exact) mass is 423 g/mol. The number of Topliss-reactive ketones (excluding diaryl/α,β-unsaturated/α-hetero) is 1. The molecule has 6 heteroatoms. The number of hydrogen-bond acceptors (Lipinski definition) is 5. The molecule has 2 aliphatic rings. The molecule has 0 bridgehead atoms. The van der Waals surface area contributed by atoms with E-state index in [0.29, 0.717) is 17.9 Å². The highest BCUT2D eigenvalue weighted by Gasteiger charge is 2.48. The van der Waals surface area contributed by atoms with Crippen LogP contribution in [0.25, 0.3) is 5.76 Å². The van der Waals surface area contributed by atoms with Crippen LogP contribution in [-0.4, -0.2) is 41.0 Å². The molecule has 2 aliphatic heterocycles. The number of aryl methyl sites for hydroxylation is 1. The van der Waals surface area contributed by atoms with Gasteiger partial charge in [0.1, 0.15) is 17.6 Å². The second-order valence-electron chi connectivity index (χ2n) is 9.38. The van der Waals surface area contributed by atoms with Crippen LogP contribution in [-0.2, 0) is 19.7 Å². The highest BCUT2D eigenvalue weighted by molar-refractivity contribution is 6.46. The number of aliphatic hydroxyl groups excluding tert-OH is 1. The zero-order valence-corrected chi connectivity index (χ0v) is 18.5. The topological polar surface area (TPSA) is 80.0 Å². The van der Waals surface area contributed by atoms with Crippen molar-refractivity contribution in [3.63, 3.8) is 0 Å². The minimum absolute atomic E-state index is 0.0621. The third-order valence-corrected chi connectivity index (χ3v) is 6.14. The molecular weight excluding hydrogens is 394 g/mol. The summed E-state index contributed by atoms with van der Waals surface area (Å²) in [4.78, 5) is 27.6. The van der Waals surface area contributed by atoms with E-state index in [0.717, 1.165) is 24.0 Å². The van der Waals surface area contributed by atoms with Gasteiger partial charge in [-0.3, -0.25) is 9.59 Å². The van der Waals surface area contributed by atoms with Crippen molar-refractivity contribution < 1.29 is 23.8 Å². The number of nitrogens with zero attached hydrogens (tertiary/aromatic N) is 1. The summed E-state index contributed by atoms with van der Waals surface area (Å²) < 4.78 is 11.3. The van der Waals surface area contributed by atoms with Gasteiger partial charge in [-0.25, -0.2) is 0 Å². The van der Waals surface area contributed by atoms with Crippen LogP contribution in [0.5, 0.6) is 0 Å². The number of rotatable bonds is 4. The lowest BCUT2D eigenvalue weighted by Crippen LogP contribution is -2.36. The first-order chi connectivity index (χ1) is 14.7. The Kier molecular flexibility index (Phi) is 5.52. The smallest absolute Gasteiger partial charge is 0.295 e. The van der Waals surface area contributed by atoms with Gasteiger partial charge in [0.15, 0.2) is 0 Å². The van der Waals surface area contributed by atoms with Crippen LogP contribution in [0.1, 0.15) is 62.1 Å². The van der Waals surface area contributed by atoms with Crippen LogP contribution in [0, 0.1) is 6.92 Å². The van der Waals surface area contributed by atoms with E-state index in [2.05, 4.69) is 20.8 Å². The van der Waals surface area contributed by atoms with Gasteiger partial charge >= 0.3 is 0 Å². The number of hydrogen-bond donors (Lipinski definition) is 1. The molecule has 1 amide bonds. The Bertz CT molecular complexity index is 1020. The van der Waals surface area contributed by atoms with Gasteiger partial charge in [0, 0.05) is 18.7 Å². The average Bonchev–Trinajstić information content (AvgIpc) is 3.46. The highest BCUT2D eigenvalue weighted by Crippen LogP contribution is 2.41. The summed E-state index contributed by atoms with van der Waals surface area (Å²) in [5.41, 5.74) is 2.35. The molecule has 3 heterocycles. The van der Waals surface area contributed by atoms with Crippen LogP contribution in [0.4, 0.5) is 0 Å². The van der Waals surface area contributed by atoms with Crippen molar-refractivity contribution in [2.24, 2.45) is 0 Å². The van der Waals surface area contributed by atoms with Crippen LogP contribution < -0.4 is 0 Å². The SMILES string of the molecule is Cc1ccc(C(C)(C)C)cc1/C(O)=C1\C(=O)C(=O)N(CC2CCCO2)C1c1ccco1. The van der Waals surface area contributed by atoms with Gasteiger partial charge in [-0.15, -0.1) is 0 Å². The molecule has 2 fully saturated rings. The maximum Gasteiger partial charge on any atom is 0.295 e. The lowest BCUT2D eigenvalue weighted by atomic mass is 9.84. The van der Waals surface area contributed by atoms with Crippen LogP contribution in [0.2, 0.25) is 0 Å². The summed E-state index contributed by atoms with van der Waals surface area (Å²) in [6, 6.07) is 8.51. The summed E-state index contributed by atoms with van der Waals surface area (Å²) in [5, 5.41) is 11.3. The lowest BCUT2D eigenvalue weighted by molar-refractivity contribution is -0.141. The molecule has 31 heavy (non-hydrogen) atoms. The lowest BCUT2D eigenvalue weighted by Gasteiger charge is -2.26. The van der Waals surface area contributed by atoms with Gasteiger partial charge in [0.05, 0.1) is 17.9 Å². The second kappa shape index (κ2) is 8.00. The number of benzene rings is 1. The molecule has 1 aromatic heterocycles. The maximum absolute atomic E-state index is 13.1. The molecule has 0 aliphatic carbocycles. The zero-order chi connectivity index (χ0) is 22.3. The van der Waals surface area contributed by atoms with Crippen molar-refractivity contribution >= 4 is 17.4 Å². The maximum atomic E-state index is 13.1. The number of aliphatic hydroxyl groups is 1. The third kappa shape index (κ3) is 3.92. The Balaban J connectivity index is 1.84. The van der Waals surface area contributed by atoms with Crippen molar-refractivity contribution in [1.82, 2.24) is 4.90 Å². The van der Waals surface area contributed by atoms with Gasteiger partial charge in [-0.2, -0.15) is 0 Å². The quantitative estimate of drug-likeness (QED) is 0.445. The molecule has 2 aromatic rings. The average molecular weight is 424 g/mol. The summed E-state index contributed by atoms with van der Waals surface area (Å²) in [6.45, 7) is 9.08. The van der Waals surface area contributed by atoms with Crippen LogP contribution in [0.3, 0.4) is 0 Å². The minimum atomic E-state index is -0.781. The van der Waals surface area contributed by atoms with E-state index in [1.165, 1.54) is 11.2 Å². The molecule has 164 valence electrons. The highest BCUT2D eigenvalue weighted by atomic mass is 16.5. The molecule has 2 unspecified atom stereocenters. The molecule has 1 aromatic carbocycles. The van der Waals surface area contributed by atoms with Crippen LogP contribution >= 0.6 is 0 Å². The van der Waals surface area contributed by atoms with Crippen molar-refractivity contribution in [3.05, 3.63) is 64.6 Å². The molecule has 2 atom stereocenters. The summed E-state index contributed by atoms with van der Waals surface area (Å²) in [7, 11) is 0. The molecule has 0 radical (unpaired) electrons. The van der Waals surface area contributed by atoms with E-state index in [1.54, 1.807) is 12.1 Å². The fourth-order valence-corrected chi connectivity index (χ4v) is 4.31. The van der Waals surface area contributed by atoms with Gasteiger partial charge in [-0.1, -0.05) is 32.9 Å². The van der Waals surface area contributed by atoms with Crippen molar-refractivity contribution in [2.75, 3.05) is 13.2 Å². The Morgan fingerprint density at radius 1 is 1.23 bits per heavy atom. The number of carbonyl (C=O) groups is 2. The minimum Gasteiger partial charge on any atom is -0.507 e. The fourth-order valence-electron chi connectivity index (χ4n) is 4.31. The van der Waals surface area contributed by atoms with Gasteiger partial charge in [0.2, 0.25) is 0 Å². The van der Waals surface area contributed by atoms with E-state index in [9.17, 15) is 14.7 Å². The molecular formula is C25H29NO5. The molecule has 0 saturated carbocycles. The Labute approximate surface area is 182 Å². The standard InChI is InChI=1S/C25H29NO5/c1-15-9-10-16(25(2,3)4)13-18(15)22(27)20-21(19-8-6-12-31-19)26(24(29)23(20)28)14-17-7-5-11-30-17/h6,8-10,12-13,17,21,27H,5,7,11,14H2,1-4H3/b22-20+. The number of carbonyl (C=O) groups excluding carboxylic acids is 2. The zero-order valence-electron chi connectivity index (χ0n) is 18.5. The molecule has 2 saturated heterocycles. The second-order valence-corrected chi connectivity index (χ2v) is 9.38. The molecule has 0 spiro atoms. The van der Waals surface area contributed by atoms with E-state index in [-0.39, 0.29) is 29.4 Å². The predicted octanol–water partition coefficient (Wildman–Crippen LogP) is 4.49. The molecule has 4 rings (SSSR count). The van der Waals surface area contributed by atoms with Crippen molar-refractivity contribution in [1.29, 1.82) is 0 Å². The summed E-state index contributed by atoms with van der Waals surface area (Å²) in [5.74, 6) is -1.05. The number of ether oxygens (including phenoxy) is 1. The van der Waals surface area contributed by atoms with E-state index >= 15 is 0 Å². The number of furan rings is 1. The number of ketones is 1. The van der Waals surface area contributed by atoms with Gasteiger partial charge in [0.25, 0.3) is 11.7 Å². The molecule has 6 nitrogen and oxygen atoms in total. The number of amides is 1. The largest absolute Gasteiger partial charge is 0.507 e. The first-order valence-electron chi connectivity index (χ1n) is 10.7. The van der Waals surface area contributed by atoms with E-state index < -0.39 is 17.7 Å². The van der Waals surface area contributed by atoms with E-state index in [4.69, 9.17) is 9.15 Å².